The molecule has 0 N–H and O–H groups in total. The topological polar surface area (TPSA) is 21.6 Å². The zero-order valence-electron chi connectivity index (χ0n) is 10.0. The smallest absolute Gasteiger partial charge is 0.190 e. The van der Waals surface area contributed by atoms with Crippen LogP contribution in [-0.2, 0) is 10.3 Å². The number of hydrogen-bond acceptors (Lipinski definition) is 2. The quantitative estimate of drug-likeness (QED) is 0.769. The molecule has 1 atom stereocenters. The second-order valence-electron chi connectivity index (χ2n) is 4.36. The fourth-order valence-corrected chi connectivity index (χ4v) is 2.38. The van der Waals surface area contributed by atoms with Gasteiger partial charge in [0.25, 0.3) is 0 Å². The molecule has 1 aromatic carbocycles. The minimum atomic E-state index is -0.547. The van der Waals surface area contributed by atoms with Gasteiger partial charge in [0.05, 0.1) is 12.4 Å². The summed E-state index contributed by atoms with van der Waals surface area (Å²) in [5.74, 6) is 0. The highest BCUT2D eigenvalue weighted by atomic mass is 16.5. The summed E-state index contributed by atoms with van der Waals surface area (Å²) >= 11 is 0. The molecule has 0 aromatic heterocycles. The molecular formula is C16H14NO. The van der Waals surface area contributed by atoms with Gasteiger partial charge >= 0.3 is 0 Å². The van der Waals surface area contributed by atoms with E-state index in [-0.39, 0.29) is 0 Å². The number of nitrogens with zero attached hydrogens (tertiary/aromatic N) is 1. The van der Waals surface area contributed by atoms with Crippen molar-refractivity contribution in [3.05, 3.63) is 72.2 Å². The number of allylic oxidation sites excluding steroid dienone is 3. The molecular weight excluding hydrogens is 222 g/mol. The summed E-state index contributed by atoms with van der Waals surface area (Å²) in [6.45, 7) is 0. The molecule has 3 rings (SSSR count). The lowest BCUT2D eigenvalue weighted by Gasteiger charge is -2.34. The maximum absolute atomic E-state index is 5.95. The van der Waals surface area contributed by atoms with E-state index in [1.165, 1.54) is 5.57 Å². The second kappa shape index (κ2) is 4.65. The number of hydrogen-bond donors (Lipinski definition) is 0. The molecule has 1 unspecified atom stereocenters. The number of rotatable bonds is 2. The summed E-state index contributed by atoms with van der Waals surface area (Å²) < 4.78 is 5.95. The van der Waals surface area contributed by atoms with Crippen molar-refractivity contribution in [2.75, 3.05) is 0 Å². The van der Waals surface area contributed by atoms with Gasteiger partial charge in [0.15, 0.2) is 5.60 Å². The van der Waals surface area contributed by atoms with E-state index in [9.17, 15) is 0 Å². The Morgan fingerprint density at radius 3 is 2.83 bits per heavy atom. The van der Waals surface area contributed by atoms with E-state index in [0.717, 1.165) is 18.4 Å². The van der Waals surface area contributed by atoms with Crippen molar-refractivity contribution >= 4 is 6.21 Å². The Morgan fingerprint density at radius 2 is 2.17 bits per heavy atom. The van der Waals surface area contributed by atoms with Crippen molar-refractivity contribution in [2.45, 2.75) is 18.4 Å². The molecule has 0 spiro atoms. The molecule has 18 heavy (non-hydrogen) atoms. The molecule has 0 amide bonds. The van der Waals surface area contributed by atoms with Crippen LogP contribution in [0.15, 0.2) is 65.5 Å². The molecule has 1 radical (unpaired) electrons. The number of ether oxygens (including phenoxy) is 1. The van der Waals surface area contributed by atoms with Crippen LogP contribution in [0.2, 0.25) is 0 Å². The van der Waals surface area contributed by atoms with Crippen LogP contribution >= 0.6 is 0 Å². The maximum atomic E-state index is 5.95. The van der Waals surface area contributed by atoms with Gasteiger partial charge in [0.2, 0.25) is 0 Å². The van der Waals surface area contributed by atoms with Gasteiger partial charge in [-0.3, -0.25) is 4.99 Å². The molecule has 0 fully saturated rings. The normalized spacial score (nSPS) is 25.7. The van der Waals surface area contributed by atoms with Gasteiger partial charge in [-0.15, -0.1) is 0 Å². The average Bonchev–Trinajstić information content (AvgIpc) is 2.50. The summed E-state index contributed by atoms with van der Waals surface area (Å²) in [6, 6.07) is 10.9. The highest BCUT2D eigenvalue weighted by Gasteiger charge is 2.36. The highest BCUT2D eigenvalue weighted by Crippen LogP contribution is 2.37. The third-order valence-corrected chi connectivity index (χ3v) is 3.30. The molecule has 1 aliphatic heterocycles. The van der Waals surface area contributed by atoms with Crippen LogP contribution in [0.25, 0.3) is 0 Å². The fourth-order valence-electron chi connectivity index (χ4n) is 2.38. The van der Waals surface area contributed by atoms with Crippen LogP contribution in [0.3, 0.4) is 0 Å². The van der Waals surface area contributed by atoms with Crippen molar-refractivity contribution in [1.82, 2.24) is 0 Å². The Balaban J connectivity index is 2.10. The Morgan fingerprint density at radius 1 is 1.28 bits per heavy atom. The van der Waals surface area contributed by atoms with E-state index >= 15 is 0 Å². The predicted octanol–water partition coefficient (Wildman–Crippen LogP) is 3.53. The molecule has 0 saturated heterocycles. The first-order valence-electron chi connectivity index (χ1n) is 6.12. The first-order valence-corrected chi connectivity index (χ1v) is 6.12. The monoisotopic (exact) mass is 236 g/mol. The predicted molar refractivity (Wildman–Crippen MR) is 72.1 cm³/mol. The van der Waals surface area contributed by atoms with Gasteiger partial charge in [-0.25, -0.2) is 0 Å². The van der Waals surface area contributed by atoms with Gasteiger partial charge < -0.3 is 4.74 Å². The van der Waals surface area contributed by atoms with Crippen LogP contribution < -0.4 is 0 Å². The van der Waals surface area contributed by atoms with Crippen LogP contribution in [0.1, 0.15) is 18.4 Å². The van der Waals surface area contributed by atoms with Crippen LogP contribution in [0.5, 0.6) is 0 Å². The molecule has 2 aliphatic rings. The van der Waals surface area contributed by atoms with Crippen LogP contribution in [0.4, 0.5) is 0 Å². The Hall–Kier alpha value is -2.09. The van der Waals surface area contributed by atoms with E-state index in [1.54, 1.807) is 12.5 Å². The van der Waals surface area contributed by atoms with Crippen molar-refractivity contribution in [2.24, 2.45) is 4.99 Å². The summed E-state index contributed by atoms with van der Waals surface area (Å²) in [7, 11) is 0. The summed E-state index contributed by atoms with van der Waals surface area (Å²) in [5, 5.41) is 0. The lowest BCUT2D eigenvalue weighted by molar-refractivity contribution is 0.118. The largest absolute Gasteiger partial charge is 0.478 e. The molecule has 2 heteroatoms. The SMILES string of the molecule is [c]1ccc(C2(C3=CC=CCC3)C=NC=CO2)cc1. The lowest BCUT2D eigenvalue weighted by atomic mass is 9.82. The zero-order chi connectivity index (χ0) is 12.3. The van der Waals surface area contributed by atoms with Gasteiger partial charge in [0, 0.05) is 5.56 Å². The van der Waals surface area contributed by atoms with Gasteiger partial charge in [-0.1, -0.05) is 42.5 Å². The molecule has 1 aliphatic carbocycles. The molecule has 1 heterocycles. The van der Waals surface area contributed by atoms with Crippen molar-refractivity contribution in [3.63, 3.8) is 0 Å². The average molecular weight is 236 g/mol. The van der Waals surface area contributed by atoms with Crippen molar-refractivity contribution < 1.29 is 4.74 Å². The molecule has 2 nitrogen and oxygen atoms in total. The lowest BCUT2D eigenvalue weighted by Crippen LogP contribution is -2.34. The minimum absolute atomic E-state index is 0.547. The second-order valence-corrected chi connectivity index (χ2v) is 4.36. The first kappa shape index (κ1) is 11.0. The highest BCUT2D eigenvalue weighted by molar-refractivity contribution is 5.78. The van der Waals surface area contributed by atoms with Crippen molar-refractivity contribution in [3.8, 4) is 0 Å². The summed E-state index contributed by atoms with van der Waals surface area (Å²) in [6.07, 6.45) is 13.7. The van der Waals surface area contributed by atoms with Gasteiger partial charge in [-0.05, 0) is 24.5 Å². The van der Waals surface area contributed by atoms with E-state index in [4.69, 9.17) is 4.74 Å². The van der Waals surface area contributed by atoms with E-state index in [0.29, 0.717) is 0 Å². The molecule has 0 saturated carbocycles. The fraction of sp³-hybridized carbons (Fsp3) is 0.188. The van der Waals surface area contributed by atoms with E-state index in [1.807, 2.05) is 30.5 Å². The third-order valence-electron chi connectivity index (χ3n) is 3.30. The summed E-state index contributed by atoms with van der Waals surface area (Å²) in [5.41, 5.74) is 1.79. The number of aliphatic imine (C=N–C) groups is 1. The third kappa shape index (κ3) is 1.80. The summed E-state index contributed by atoms with van der Waals surface area (Å²) in [4.78, 5) is 4.28. The van der Waals surface area contributed by atoms with Gasteiger partial charge in [0.1, 0.15) is 6.26 Å². The van der Waals surface area contributed by atoms with Crippen LogP contribution in [0, 0.1) is 6.07 Å². The van der Waals surface area contributed by atoms with E-state index in [2.05, 4.69) is 29.3 Å². The van der Waals surface area contributed by atoms with E-state index < -0.39 is 5.60 Å². The number of benzene rings is 1. The van der Waals surface area contributed by atoms with Crippen LogP contribution in [-0.4, -0.2) is 6.21 Å². The molecule has 0 bridgehead atoms. The molecule has 1 aromatic rings. The van der Waals surface area contributed by atoms with Crippen molar-refractivity contribution in [1.29, 1.82) is 0 Å². The van der Waals surface area contributed by atoms with Gasteiger partial charge in [-0.2, -0.15) is 0 Å². The zero-order valence-corrected chi connectivity index (χ0v) is 10.0. The Bertz CT molecular complexity index is 539. The maximum Gasteiger partial charge on any atom is 0.190 e. The first-order chi connectivity index (χ1) is 8.92. The molecule has 89 valence electrons. The Kier molecular flexibility index (Phi) is 2.85. The minimum Gasteiger partial charge on any atom is -0.478 e. The Labute approximate surface area is 107 Å². The standard InChI is InChI=1S/C16H14NO/c1-3-7-14(8-4-1)16(13-17-11-12-18-16)15-9-5-2-6-10-15/h1,3,5-7,9-13H,4,8H2.